The van der Waals surface area contributed by atoms with E-state index in [1.54, 1.807) is 10.7 Å². The molecule has 0 unspecified atom stereocenters. The first-order valence-electron chi connectivity index (χ1n) is 6.19. The molecule has 96 valence electrons. The zero-order valence-corrected chi connectivity index (χ0v) is 10.5. The predicted molar refractivity (Wildman–Crippen MR) is 67.2 cm³/mol. The van der Waals surface area contributed by atoms with E-state index in [1.807, 2.05) is 6.20 Å². The van der Waals surface area contributed by atoms with E-state index in [0.29, 0.717) is 5.65 Å². The summed E-state index contributed by atoms with van der Waals surface area (Å²) in [6, 6.07) is 0. The summed E-state index contributed by atoms with van der Waals surface area (Å²) < 4.78 is 1.73. The van der Waals surface area contributed by atoms with E-state index < -0.39 is 0 Å². The zero-order valence-electron chi connectivity index (χ0n) is 10.5. The van der Waals surface area contributed by atoms with Crippen molar-refractivity contribution in [3.05, 3.63) is 12.4 Å². The number of rotatable bonds is 2. The zero-order chi connectivity index (χ0) is 12.6. The van der Waals surface area contributed by atoms with Crippen LogP contribution in [0.4, 0.5) is 5.82 Å². The van der Waals surface area contributed by atoms with E-state index in [4.69, 9.17) is 5.73 Å². The van der Waals surface area contributed by atoms with Gasteiger partial charge < -0.3 is 10.6 Å². The molecule has 0 spiro atoms. The van der Waals surface area contributed by atoms with Gasteiger partial charge in [0, 0.05) is 13.1 Å². The lowest BCUT2D eigenvalue weighted by molar-refractivity contribution is 0.257. The number of piperidine rings is 1. The topological polar surface area (TPSA) is 85.2 Å². The first-order valence-corrected chi connectivity index (χ1v) is 6.19. The van der Waals surface area contributed by atoms with Gasteiger partial charge in [-0.2, -0.15) is 4.52 Å². The van der Waals surface area contributed by atoms with Gasteiger partial charge in [-0.15, -0.1) is 5.10 Å². The second-order valence-electron chi connectivity index (χ2n) is 5.22. The molecule has 3 heterocycles. The molecule has 1 aliphatic rings. The van der Waals surface area contributed by atoms with Gasteiger partial charge in [-0.3, -0.25) is 4.98 Å². The highest BCUT2D eigenvalue weighted by atomic mass is 15.5. The van der Waals surface area contributed by atoms with Crippen molar-refractivity contribution in [2.24, 2.45) is 11.1 Å². The predicted octanol–water partition coefficient (Wildman–Crippen LogP) is 0.0845. The first-order chi connectivity index (χ1) is 8.72. The molecule has 3 rings (SSSR count). The van der Waals surface area contributed by atoms with Gasteiger partial charge in [0.1, 0.15) is 0 Å². The van der Waals surface area contributed by atoms with Crippen molar-refractivity contribution >= 4 is 11.5 Å². The number of anilines is 1. The van der Waals surface area contributed by atoms with Gasteiger partial charge in [-0.25, -0.2) is 0 Å². The van der Waals surface area contributed by atoms with Gasteiger partial charge in [-0.05, 0) is 35.2 Å². The van der Waals surface area contributed by atoms with Crippen LogP contribution in [0, 0.1) is 5.41 Å². The molecule has 0 aliphatic carbocycles. The van der Waals surface area contributed by atoms with Crippen LogP contribution in [-0.4, -0.2) is 44.7 Å². The molecule has 0 amide bonds. The Labute approximate surface area is 105 Å². The summed E-state index contributed by atoms with van der Waals surface area (Å²) in [6.07, 6.45) is 5.65. The van der Waals surface area contributed by atoms with Crippen molar-refractivity contribution in [1.82, 2.24) is 25.0 Å². The Balaban J connectivity index is 1.86. The van der Waals surface area contributed by atoms with Crippen LogP contribution in [-0.2, 0) is 0 Å². The molecule has 7 heteroatoms. The number of hydrogen-bond donors (Lipinski definition) is 1. The van der Waals surface area contributed by atoms with E-state index >= 15 is 0 Å². The van der Waals surface area contributed by atoms with Gasteiger partial charge in [0.05, 0.1) is 12.4 Å². The molecule has 7 nitrogen and oxygen atoms in total. The normalized spacial score (nSPS) is 19.3. The Morgan fingerprint density at radius 2 is 2.11 bits per heavy atom. The molecule has 18 heavy (non-hydrogen) atoms. The molecule has 2 N–H and O–H groups in total. The number of fused-ring (bicyclic) bond motifs is 1. The van der Waals surface area contributed by atoms with Gasteiger partial charge in [0.25, 0.3) is 0 Å². The van der Waals surface area contributed by atoms with Gasteiger partial charge in [-0.1, -0.05) is 6.92 Å². The van der Waals surface area contributed by atoms with Crippen LogP contribution in [0.2, 0.25) is 0 Å². The molecule has 0 bridgehead atoms. The Kier molecular flexibility index (Phi) is 2.62. The molecule has 2 aromatic rings. The van der Waals surface area contributed by atoms with Crippen molar-refractivity contribution in [2.45, 2.75) is 19.8 Å². The fourth-order valence-electron chi connectivity index (χ4n) is 2.36. The number of nitrogens with zero attached hydrogens (tertiary/aromatic N) is 6. The Morgan fingerprint density at radius 1 is 1.33 bits per heavy atom. The number of hydrogen-bond acceptors (Lipinski definition) is 6. The highest BCUT2D eigenvalue weighted by Gasteiger charge is 2.29. The summed E-state index contributed by atoms with van der Waals surface area (Å²) >= 11 is 0. The number of aromatic nitrogens is 5. The SMILES string of the molecule is CC1(CN)CCN(c2cncc3nnnn23)CC1. The molecule has 1 fully saturated rings. The molecule has 1 saturated heterocycles. The lowest BCUT2D eigenvalue weighted by Crippen LogP contribution is -2.43. The lowest BCUT2D eigenvalue weighted by atomic mass is 9.80. The van der Waals surface area contributed by atoms with Crippen LogP contribution < -0.4 is 10.6 Å². The van der Waals surface area contributed by atoms with E-state index in [9.17, 15) is 0 Å². The van der Waals surface area contributed by atoms with E-state index in [0.717, 1.165) is 38.3 Å². The fourth-order valence-corrected chi connectivity index (χ4v) is 2.36. The Hall–Kier alpha value is -1.76. The summed E-state index contributed by atoms with van der Waals surface area (Å²) in [5.41, 5.74) is 6.77. The summed E-state index contributed by atoms with van der Waals surface area (Å²) in [5, 5.41) is 11.6. The average molecular weight is 247 g/mol. The fraction of sp³-hybridized carbons (Fsp3) is 0.636. The van der Waals surface area contributed by atoms with Crippen LogP contribution in [0.15, 0.2) is 12.4 Å². The molecule has 2 aromatic heterocycles. The molecule has 0 atom stereocenters. The second kappa shape index (κ2) is 4.16. The molecular formula is C11H17N7. The molecular weight excluding hydrogens is 230 g/mol. The van der Waals surface area contributed by atoms with Crippen LogP contribution in [0.25, 0.3) is 5.65 Å². The van der Waals surface area contributed by atoms with Gasteiger partial charge in [0.2, 0.25) is 0 Å². The van der Waals surface area contributed by atoms with Crippen molar-refractivity contribution < 1.29 is 0 Å². The Morgan fingerprint density at radius 3 is 2.83 bits per heavy atom. The van der Waals surface area contributed by atoms with E-state index in [1.165, 1.54) is 0 Å². The largest absolute Gasteiger partial charge is 0.355 e. The third-order valence-corrected chi connectivity index (χ3v) is 3.88. The summed E-state index contributed by atoms with van der Waals surface area (Å²) in [4.78, 5) is 6.46. The molecule has 1 aliphatic heterocycles. The summed E-state index contributed by atoms with van der Waals surface area (Å²) in [6.45, 7) is 4.93. The molecule has 0 radical (unpaired) electrons. The van der Waals surface area contributed by atoms with Crippen LogP contribution >= 0.6 is 0 Å². The summed E-state index contributed by atoms with van der Waals surface area (Å²) in [7, 11) is 0. The third-order valence-electron chi connectivity index (χ3n) is 3.88. The first kappa shape index (κ1) is 11.3. The smallest absolute Gasteiger partial charge is 0.199 e. The van der Waals surface area contributed by atoms with E-state index in [2.05, 4.69) is 32.3 Å². The maximum absolute atomic E-state index is 5.83. The van der Waals surface area contributed by atoms with Crippen molar-refractivity contribution in [3.8, 4) is 0 Å². The minimum Gasteiger partial charge on any atom is -0.355 e. The van der Waals surface area contributed by atoms with Crippen LogP contribution in [0.3, 0.4) is 0 Å². The highest BCUT2D eigenvalue weighted by molar-refractivity contribution is 5.46. The molecule has 0 saturated carbocycles. The highest BCUT2D eigenvalue weighted by Crippen LogP contribution is 2.31. The van der Waals surface area contributed by atoms with Crippen molar-refractivity contribution in [1.29, 1.82) is 0 Å². The quantitative estimate of drug-likeness (QED) is 0.809. The summed E-state index contributed by atoms with van der Waals surface area (Å²) in [5.74, 6) is 0.955. The maximum atomic E-state index is 5.83. The maximum Gasteiger partial charge on any atom is 0.199 e. The Bertz CT molecular complexity index is 541. The average Bonchev–Trinajstić information content (AvgIpc) is 2.88. The van der Waals surface area contributed by atoms with Gasteiger partial charge in [0.15, 0.2) is 11.5 Å². The number of nitrogens with two attached hydrogens (primary N) is 1. The second-order valence-corrected chi connectivity index (χ2v) is 5.22. The molecule has 0 aromatic carbocycles. The lowest BCUT2D eigenvalue weighted by Gasteiger charge is -2.39. The van der Waals surface area contributed by atoms with Crippen molar-refractivity contribution in [3.63, 3.8) is 0 Å². The monoisotopic (exact) mass is 247 g/mol. The van der Waals surface area contributed by atoms with Crippen LogP contribution in [0.5, 0.6) is 0 Å². The van der Waals surface area contributed by atoms with Crippen LogP contribution in [0.1, 0.15) is 19.8 Å². The van der Waals surface area contributed by atoms with Gasteiger partial charge >= 0.3 is 0 Å². The minimum absolute atomic E-state index is 0.262. The number of tetrazole rings is 1. The van der Waals surface area contributed by atoms with Crippen molar-refractivity contribution in [2.75, 3.05) is 24.5 Å². The van der Waals surface area contributed by atoms with E-state index in [-0.39, 0.29) is 5.41 Å². The third kappa shape index (κ3) is 1.80. The minimum atomic E-state index is 0.262. The standard InChI is InChI=1S/C11H17N7/c1-11(8-12)2-4-17(5-3-11)10-7-13-6-9-14-15-16-18(9)10/h6-7H,2-5,8,12H2,1H3.